The van der Waals surface area contributed by atoms with E-state index in [1.54, 1.807) is 6.08 Å². The van der Waals surface area contributed by atoms with Crippen molar-refractivity contribution in [2.24, 2.45) is 0 Å². The van der Waals surface area contributed by atoms with Crippen LogP contribution in [-0.2, 0) is 28.6 Å². The number of hydrogen-bond acceptors (Lipinski definition) is 6. The van der Waals surface area contributed by atoms with Gasteiger partial charge in [0.25, 0.3) is 0 Å². The Morgan fingerprint density at radius 1 is 0.379 bits per heavy atom. The van der Waals surface area contributed by atoms with Gasteiger partial charge in [-0.3, -0.25) is 14.4 Å². The van der Waals surface area contributed by atoms with E-state index in [0.717, 1.165) is 103 Å². The Balaban J connectivity index is 4.48. The summed E-state index contributed by atoms with van der Waals surface area (Å²) in [6, 6.07) is 0. The van der Waals surface area contributed by atoms with E-state index in [9.17, 15) is 14.4 Å². The molecular weight excluding hydrogens is 721 g/mol. The first-order valence-electron chi connectivity index (χ1n) is 22.5. The van der Waals surface area contributed by atoms with Crippen molar-refractivity contribution in [3.63, 3.8) is 0 Å². The van der Waals surface area contributed by atoms with Gasteiger partial charge in [-0.2, -0.15) is 0 Å². The summed E-state index contributed by atoms with van der Waals surface area (Å²) in [5.74, 6) is -1.12. The van der Waals surface area contributed by atoms with E-state index in [2.05, 4.69) is 130 Å². The van der Waals surface area contributed by atoms with E-state index in [-0.39, 0.29) is 31.6 Å². The topological polar surface area (TPSA) is 78.9 Å². The van der Waals surface area contributed by atoms with Gasteiger partial charge >= 0.3 is 17.9 Å². The minimum absolute atomic E-state index is 0.0849. The van der Waals surface area contributed by atoms with Crippen molar-refractivity contribution in [3.05, 3.63) is 122 Å². The highest BCUT2D eigenvalue weighted by Crippen LogP contribution is 2.10. The molecule has 0 aromatic carbocycles. The van der Waals surface area contributed by atoms with Crippen molar-refractivity contribution >= 4 is 17.9 Å². The fraction of sp³-hybridized carbons (Fsp3) is 0.558. The Morgan fingerprint density at radius 3 is 1.14 bits per heavy atom. The highest BCUT2D eigenvalue weighted by atomic mass is 16.6. The first kappa shape index (κ1) is 53.8. The molecular formula is C52H80O6. The SMILES string of the molecule is CC/C=C\C/C=C\C/C=C\C/C=C\C/C=C\CCCCCC(=O)OCC(COC(=O)CCCCCCCC)OC(=O)C/C=C\C/C=C\C/C=C\C/C=C\C/C=C\CC. The van der Waals surface area contributed by atoms with Crippen molar-refractivity contribution < 1.29 is 28.6 Å². The van der Waals surface area contributed by atoms with E-state index in [0.29, 0.717) is 19.3 Å². The van der Waals surface area contributed by atoms with Crippen molar-refractivity contribution in [3.8, 4) is 0 Å². The molecule has 0 aliphatic carbocycles. The summed E-state index contributed by atoms with van der Waals surface area (Å²) < 4.78 is 16.5. The van der Waals surface area contributed by atoms with Gasteiger partial charge in [0.15, 0.2) is 6.10 Å². The molecule has 0 aliphatic rings. The predicted octanol–water partition coefficient (Wildman–Crippen LogP) is 14.6. The monoisotopic (exact) mass is 801 g/mol. The Morgan fingerprint density at radius 2 is 0.724 bits per heavy atom. The number of carbonyl (C=O) groups excluding carboxylic acids is 3. The fourth-order valence-electron chi connectivity index (χ4n) is 5.42. The zero-order valence-corrected chi connectivity index (χ0v) is 36.8. The molecule has 0 amide bonds. The van der Waals surface area contributed by atoms with Gasteiger partial charge < -0.3 is 14.2 Å². The molecule has 0 radical (unpaired) electrons. The maximum Gasteiger partial charge on any atom is 0.310 e. The van der Waals surface area contributed by atoms with Crippen molar-refractivity contribution in [1.29, 1.82) is 0 Å². The lowest BCUT2D eigenvalue weighted by Gasteiger charge is -2.18. The molecule has 58 heavy (non-hydrogen) atoms. The van der Waals surface area contributed by atoms with Crippen LogP contribution in [0.15, 0.2) is 122 Å². The highest BCUT2D eigenvalue weighted by molar-refractivity contribution is 5.72. The third-order valence-electron chi connectivity index (χ3n) is 8.74. The minimum Gasteiger partial charge on any atom is -0.462 e. The van der Waals surface area contributed by atoms with E-state index in [1.807, 2.05) is 6.08 Å². The number of ether oxygens (including phenoxy) is 3. The largest absolute Gasteiger partial charge is 0.462 e. The van der Waals surface area contributed by atoms with Gasteiger partial charge in [-0.15, -0.1) is 0 Å². The number of carbonyl (C=O) groups is 3. The van der Waals surface area contributed by atoms with Gasteiger partial charge in [0.2, 0.25) is 0 Å². The van der Waals surface area contributed by atoms with Crippen molar-refractivity contribution in [2.45, 2.75) is 175 Å². The third kappa shape index (κ3) is 42.9. The van der Waals surface area contributed by atoms with Crippen LogP contribution in [0.4, 0.5) is 0 Å². The normalized spacial score (nSPS) is 13.2. The highest BCUT2D eigenvalue weighted by Gasteiger charge is 2.19. The maximum absolute atomic E-state index is 12.6. The first-order valence-corrected chi connectivity index (χ1v) is 22.5. The molecule has 6 nitrogen and oxygen atoms in total. The van der Waals surface area contributed by atoms with Crippen LogP contribution < -0.4 is 0 Å². The van der Waals surface area contributed by atoms with Crippen molar-refractivity contribution in [2.75, 3.05) is 13.2 Å². The molecule has 0 bridgehead atoms. The van der Waals surface area contributed by atoms with Gasteiger partial charge in [-0.25, -0.2) is 0 Å². The number of hydrogen-bond donors (Lipinski definition) is 0. The lowest BCUT2D eigenvalue weighted by Crippen LogP contribution is -2.30. The van der Waals surface area contributed by atoms with Crippen LogP contribution in [0.25, 0.3) is 0 Å². The summed E-state index contributed by atoms with van der Waals surface area (Å²) in [4.78, 5) is 37.5. The summed E-state index contributed by atoms with van der Waals surface area (Å²) in [7, 11) is 0. The van der Waals surface area contributed by atoms with Gasteiger partial charge in [-0.1, -0.05) is 181 Å². The van der Waals surface area contributed by atoms with E-state index in [1.165, 1.54) is 19.3 Å². The van der Waals surface area contributed by atoms with Gasteiger partial charge in [0.1, 0.15) is 13.2 Å². The fourth-order valence-corrected chi connectivity index (χ4v) is 5.42. The second kappa shape index (κ2) is 45.5. The number of unbranched alkanes of at least 4 members (excludes halogenated alkanes) is 8. The molecule has 1 atom stereocenters. The minimum atomic E-state index is -0.844. The van der Waals surface area contributed by atoms with Crippen LogP contribution in [0, 0.1) is 0 Å². The lowest BCUT2D eigenvalue weighted by molar-refractivity contribution is -0.166. The van der Waals surface area contributed by atoms with Crippen LogP contribution >= 0.6 is 0 Å². The average molecular weight is 801 g/mol. The molecule has 0 saturated heterocycles. The predicted molar refractivity (Wildman–Crippen MR) is 246 cm³/mol. The molecule has 0 aromatic rings. The summed E-state index contributed by atoms with van der Waals surface area (Å²) >= 11 is 0. The Labute approximate surface area is 354 Å². The van der Waals surface area contributed by atoms with Crippen LogP contribution in [0.5, 0.6) is 0 Å². The second-order valence-corrected chi connectivity index (χ2v) is 14.2. The summed E-state index contributed by atoms with van der Waals surface area (Å²) in [6.07, 6.45) is 62.3. The maximum atomic E-state index is 12.6. The molecule has 0 spiro atoms. The molecule has 1 unspecified atom stereocenters. The second-order valence-electron chi connectivity index (χ2n) is 14.2. The van der Waals surface area contributed by atoms with Crippen LogP contribution in [0.1, 0.15) is 168 Å². The smallest absolute Gasteiger partial charge is 0.310 e. The first-order chi connectivity index (χ1) is 28.5. The van der Waals surface area contributed by atoms with E-state index >= 15 is 0 Å². The van der Waals surface area contributed by atoms with Gasteiger partial charge in [0, 0.05) is 12.8 Å². The summed E-state index contributed by atoms with van der Waals surface area (Å²) in [5, 5.41) is 0. The van der Waals surface area contributed by atoms with Gasteiger partial charge in [0.05, 0.1) is 6.42 Å². The molecule has 324 valence electrons. The molecule has 0 saturated carbocycles. The quantitative estimate of drug-likeness (QED) is 0.0268. The molecule has 0 N–H and O–H groups in total. The zero-order valence-electron chi connectivity index (χ0n) is 36.8. The van der Waals surface area contributed by atoms with E-state index < -0.39 is 12.1 Å². The standard InChI is InChI=1S/C52H80O6/c1-4-7-10-13-16-18-20-22-24-25-26-27-29-30-32-34-36-39-42-45-51(54)57-48-49(47-56-50(53)44-41-38-15-12-9-6-3)58-52(55)46-43-40-37-35-33-31-28-23-21-19-17-14-11-8-5-2/h7-8,10-11,16-19,22-24,26-28,30,32-33,35,40,43,49H,4-6,9,12-15,20-21,25,29,31,34,36-39,41-42,44-48H2,1-3H3/b10-7-,11-8-,18-16-,19-17-,24-22-,27-26-,28-23-,32-30-,35-33-,43-40-. The zero-order chi connectivity index (χ0) is 42.3. The van der Waals surface area contributed by atoms with Gasteiger partial charge in [-0.05, 0) is 89.9 Å². The average Bonchev–Trinajstić information content (AvgIpc) is 3.22. The molecule has 0 fully saturated rings. The molecule has 0 heterocycles. The Bertz CT molecular complexity index is 1290. The molecule has 0 aliphatic heterocycles. The van der Waals surface area contributed by atoms with Crippen molar-refractivity contribution in [1.82, 2.24) is 0 Å². The molecule has 0 aromatic heterocycles. The third-order valence-corrected chi connectivity index (χ3v) is 8.74. The number of allylic oxidation sites excluding steroid dienone is 19. The summed E-state index contributed by atoms with van der Waals surface area (Å²) in [6.45, 7) is 6.19. The Kier molecular flexibility index (Phi) is 42.2. The summed E-state index contributed by atoms with van der Waals surface area (Å²) in [5.41, 5.74) is 0. The molecule has 6 heteroatoms. The number of esters is 3. The van der Waals surface area contributed by atoms with Crippen LogP contribution in [0.3, 0.4) is 0 Å². The van der Waals surface area contributed by atoms with Crippen LogP contribution in [-0.4, -0.2) is 37.2 Å². The van der Waals surface area contributed by atoms with Crippen LogP contribution in [0.2, 0.25) is 0 Å². The van der Waals surface area contributed by atoms with E-state index in [4.69, 9.17) is 14.2 Å². The lowest BCUT2D eigenvalue weighted by atomic mass is 10.1. The Hall–Kier alpha value is -4.19. The number of rotatable bonds is 38. The molecule has 0 rings (SSSR count).